The molecule has 90 valence electrons. The predicted octanol–water partition coefficient (Wildman–Crippen LogP) is 0.958. The normalized spacial score (nSPS) is 14.1. The van der Waals surface area contributed by atoms with E-state index in [-0.39, 0.29) is 6.42 Å². The summed E-state index contributed by atoms with van der Waals surface area (Å²) in [5.41, 5.74) is 0. The third kappa shape index (κ3) is 5.74. The molecule has 0 saturated carbocycles. The largest absolute Gasteiger partial charge is 0.481 e. The van der Waals surface area contributed by atoms with E-state index in [1.54, 1.807) is 13.8 Å². The summed E-state index contributed by atoms with van der Waals surface area (Å²) >= 11 is 0. The third-order valence-electron chi connectivity index (χ3n) is 2.01. The fourth-order valence-electron chi connectivity index (χ4n) is 1.13. The first-order valence-corrected chi connectivity index (χ1v) is 6.57. The highest BCUT2D eigenvalue weighted by molar-refractivity contribution is 7.90. The lowest BCUT2D eigenvalue weighted by molar-refractivity contribution is -0.137. The smallest absolute Gasteiger partial charge is 0.304 e. The van der Waals surface area contributed by atoms with Crippen LogP contribution < -0.4 is 4.72 Å². The van der Waals surface area contributed by atoms with E-state index in [0.29, 0.717) is 6.42 Å². The second kappa shape index (κ2) is 6.07. The van der Waals surface area contributed by atoms with Crippen LogP contribution in [0, 0.1) is 0 Å². The molecule has 0 bridgehead atoms. The van der Waals surface area contributed by atoms with Crippen LogP contribution in [0.3, 0.4) is 0 Å². The summed E-state index contributed by atoms with van der Waals surface area (Å²) in [4.78, 5) is 10.5. The average Bonchev–Trinajstić information content (AvgIpc) is 2.01. The molecule has 0 radical (unpaired) electrons. The van der Waals surface area contributed by atoms with Crippen LogP contribution in [-0.4, -0.2) is 30.8 Å². The number of sulfonamides is 1. The lowest BCUT2D eigenvalue weighted by Crippen LogP contribution is -2.40. The molecular weight excluding hydrogens is 218 g/mol. The number of carboxylic acid groups (broad SMARTS) is 1. The molecule has 5 nitrogen and oxygen atoms in total. The number of aliphatic carboxylic acids is 1. The third-order valence-corrected chi connectivity index (χ3v) is 3.91. The van der Waals surface area contributed by atoms with Crippen molar-refractivity contribution in [2.24, 2.45) is 0 Å². The van der Waals surface area contributed by atoms with Crippen molar-refractivity contribution in [3.63, 3.8) is 0 Å². The van der Waals surface area contributed by atoms with Crippen molar-refractivity contribution in [2.75, 3.05) is 0 Å². The Balaban J connectivity index is 4.47. The van der Waals surface area contributed by atoms with E-state index in [1.165, 1.54) is 0 Å². The van der Waals surface area contributed by atoms with Gasteiger partial charge in [-0.1, -0.05) is 13.3 Å². The van der Waals surface area contributed by atoms with E-state index in [0.717, 1.165) is 6.42 Å². The summed E-state index contributed by atoms with van der Waals surface area (Å²) in [6.45, 7) is 5.01. The van der Waals surface area contributed by atoms with Crippen LogP contribution in [0.4, 0.5) is 0 Å². The van der Waals surface area contributed by atoms with E-state index in [4.69, 9.17) is 5.11 Å². The number of nitrogens with one attached hydrogen (secondary N) is 1. The van der Waals surface area contributed by atoms with Crippen LogP contribution in [0.5, 0.6) is 0 Å². The van der Waals surface area contributed by atoms with Crippen molar-refractivity contribution in [3.05, 3.63) is 0 Å². The number of rotatable bonds is 7. The van der Waals surface area contributed by atoms with Gasteiger partial charge < -0.3 is 5.11 Å². The van der Waals surface area contributed by atoms with Crippen LogP contribution in [-0.2, 0) is 14.8 Å². The second-order valence-electron chi connectivity index (χ2n) is 3.80. The SMILES string of the molecule is CCCC(CC(=O)O)NS(=O)(=O)C(C)C. The molecule has 0 aliphatic rings. The Kier molecular flexibility index (Phi) is 5.82. The lowest BCUT2D eigenvalue weighted by atomic mass is 10.1. The molecule has 0 rings (SSSR count). The summed E-state index contributed by atoms with van der Waals surface area (Å²) in [6.07, 6.45) is 1.12. The maximum absolute atomic E-state index is 11.5. The summed E-state index contributed by atoms with van der Waals surface area (Å²) in [5, 5.41) is 8.07. The molecule has 1 unspecified atom stereocenters. The van der Waals surface area contributed by atoms with Gasteiger partial charge in [0.15, 0.2) is 0 Å². The highest BCUT2D eigenvalue weighted by atomic mass is 32.2. The van der Waals surface area contributed by atoms with Crippen molar-refractivity contribution in [2.45, 2.75) is 51.3 Å². The minimum atomic E-state index is -3.38. The molecule has 0 aromatic rings. The van der Waals surface area contributed by atoms with Gasteiger partial charge in [0.05, 0.1) is 11.7 Å². The van der Waals surface area contributed by atoms with E-state index in [1.807, 2.05) is 6.92 Å². The van der Waals surface area contributed by atoms with Crippen molar-refractivity contribution in [1.29, 1.82) is 0 Å². The minimum absolute atomic E-state index is 0.167. The number of carbonyl (C=O) groups is 1. The Morgan fingerprint density at radius 3 is 2.27 bits per heavy atom. The van der Waals surface area contributed by atoms with Crippen molar-refractivity contribution >= 4 is 16.0 Å². The number of hydrogen-bond acceptors (Lipinski definition) is 3. The topological polar surface area (TPSA) is 83.5 Å². The van der Waals surface area contributed by atoms with Crippen molar-refractivity contribution < 1.29 is 18.3 Å². The van der Waals surface area contributed by atoms with Crippen LogP contribution in [0.1, 0.15) is 40.0 Å². The van der Waals surface area contributed by atoms with Gasteiger partial charge in [0.25, 0.3) is 0 Å². The monoisotopic (exact) mass is 237 g/mol. The van der Waals surface area contributed by atoms with Crippen LogP contribution in [0.15, 0.2) is 0 Å². The van der Waals surface area contributed by atoms with Gasteiger partial charge in [-0.15, -0.1) is 0 Å². The highest BCUT2D eigenvalue weighted by Crippen LogP contribution is 2.06. The molecule has 2 N–H and O–H groups in total. The van der Waals surface area contributed by atoms with Gasteiger partial charge in [-0.05, 0) is 20.3 Å². The van der Waals surface area contributed by atoms with Gasteiger partial charge in [-0.25, -0.2) is 13.1 Å². The molecule has 6 heteroatoms. The Labute approximate surface area is 90.9 Å². The minimum Gasteiger partial charge on any atom is -0.481 e. The van der Waals surface area contributed by atoms with Gasteiger partial charge >= 0.3 is 5.97 Å². The molecule has 0 aromatic carbocycles. The molecule has 15 heavy (non-hydrogen) atoms. The molecule has 0 amide bonds. The second-order valence-corrected chi connectivity index (χ2v) is 6.06. The molecule has 0 fully saturated rings. The Morgan fingerprint density at radius 2 is 1.93 bits per heavy atom. The lowest BCUT2D eigenvalue weighted by Gasteiger charge is -2.17. The quantitative estimate of drug-likeness (QED) is 0.690. The van der Waals surface area contributed by atoms with E-state index >= 15 is 0 Å². The van der Waals surface area contributed by atoms with Gasteiger partial charge in [0, 0.05) is 6.04 Å². The van der Waals surface area contributed by atoms with Gasteiger partial charge in [-0.3, -0.25) is 4.79 Å². The Hall–Kier alpha value is -0.620. The first-order valence-electron chi connectivity index (χ1n) is 5.02. The molecule has 0 aliphatic heterocycles. The molecule has 0 heterocycles. The maximum Gasteiger partial charge on any atom is 0.304 e. The molecule has 0 aromatic heterocycles. The molecule has 1 atom stereocenters. The van der Waals surface area contributed by atoms with E-state index in [9.17, 15) is 13.2 Å². The van der Waals surface area contributed by atoms with Crippen LogP contribution in [0.2, 0.25) is 0 Å². The fraction of sp³-hybridized carbons (Fsp3) is 0.889. The maximum atomic E-state index is 11.5. The first-order chi connectivity index (χ1) is 6.79. The molecule has 0 saturated heterocycles. The van der Waals surface area contributed by atoms with Crippen molar-refractivity contribution in [1.82, 2.24) is 4.72 Å². The zero-order valence-corrected chi connectivity index (χ0v) is 10.2. The highest BCUT2D eigenvalue weighted by Gasteiger charge is 2.22. The standard InChI is InChI=1S/C9H19NO4S/c1-4-5-8(6-9(11)12)10-15(13,14)7(2)3/h7-8,10H,4-6H2,1-3H3,(H,11,12). The van der Waals surface area contributed by atoms with Gasteiger partial charge in [0.1, 0.15) is 0 Å². The Morgan fingerprint density at radius 1 is 1.40 bits per heavy atom. The van der Waals surface area contributed by atoms with Crippen LogP contribution >= 0.6 is 0 Å². The predicted molar refractivity (Wildman–Crippen MR) is 58.1 cm³/mol. The zero-order valence-electron chi connectivity index (χ0n) is 9.36. The van der Waals surface area contributed by atoms with E-state index < -0.39 is 27.3 Å². The molecular formula is C9H19NO4S. The number of carboxylic acids is 1. The van der Waals surface area contributed by atoms with Gasteiger partial charge in [0.2, 0.25) is 10.0 Å². The van der Waals surface area contributed by atoms with Crippen LogP contribution in [0.25, 0.3) is 0 Å². The number of hydrogen-bond donors (Lipinski definition) is 2. The summed E-state index contributed by atoms with van der Waals surface area (Å²) in [7, 11) is -3.38. The molecule has 0 spiro atoms. The van der Waals surface area contributed by atoms with Crippen molar-refractivity contribution in [3.8, 4) is 0 Å². The molecule has 0 aliphatic carbocycles. The summed E-state index contributed by atoms with van der Waals surface area (Å²) in [6, 6.07) is -0.500. The van der Waals surface area contributed by atoms with E-state index in [2.05, 4.69) is 4.72 Å². The first kappa shape index (κ1) is 14.4. The Bertz CT molecular complexity index is 297. The fourth-order valence-corrected chi connectivity index (χ4v) is 2.07. The van der Waals surface area contributed by atoms with Gasteiger partial charge in [-0.2, -0.15) is 0 Å². The average molecular weight is 237 g/mol. The summed E-state index contributed by atoms with van der Waals surface area (Å²) in [5.74, 6) is -0.986. The zero-order chi connectivity index (χ0) is 12.1. The summed E-state index contributed by atoms with van der Waals surface area (Å²) < 4.78 is 25.4.